The largest absolute Gasteiger partial charge is 0.497 e. The number of nitrogens with zero attached hydrogens (tertiary/aromatic N) is 1. The third-order valence-electron chi connectivity index (χ3n) is 4.30. The second-order valence-electron chi connectivity index (χ2n) is 6.06. The van der Waals surface area contributed by atoms with Gasteiger partial charge in [0.1, 0.15) is 17.4 Å². The van der Waals surface area contributed by atoms with E-state index in [1.54, 1.807) is 7.11 Å². The number of methoxy groups -OCH3 is 1. The number of hydrogen-bond donors (Lipinski definition) is 2. The van der Waals surface area contributed by atoms with Crippen LogP contribution in [-0.4, -0.2) is 23.2 Å². The molecule has 0 unspecified atom stereocenters. The minimum Gasteiger partial charge on any atom is -0.497 e. The Morgan fingerprint density at radius 2 is 1.78 bits per heavy atom. The van der Waals surface area contributed by atoms with Crippen LogP contribution in [0.3, 0.4) is 0 Å². The number of hydrogen-bond acceptors (Lipinski definition) is 3. The van der Waals surface area contributed by atoms with Gasteiger partial charge in [0.05, 0.1) is 19.2 Å². The molecule has 0 aliphatic carbocycles. The summed E-state index contributed by atoms with van der Waals surface area (Å²) in [7, 11) is 1.59. The normalized spacial score (nSPS) is 10.7. The molecule has 0 saturated heterocycles. The van der Waals surface area contributed by atoms with Crippen molar-refractivity contribution in [1.29, 1.82) is 0 Å². The molecule has 0 atom stereocenters. The fraction of sp³-hybridized carbons (Fsp3) is 0.200. The van der Waals surface area contributed by atoms with Gasteiger partial charge in [0.25, 0.3) is 0 Å². The standard InChI is InChI=1S/C20H19F2N3O2/c1-12-15(20(25-24-12)13-6-8-14(27-2)9-7-13)10-19(26)23-11-16-17(21)4-3-5-18(16)22/h3-9H,10-11H2,1-2H3,(H,23,26)(H,24,25). The second kappa shape index (κ2) is 7.99. The van der Waals surface area contributed by atoms with Gasteiger partial charge in [-0.3, -0.25) is 9.89 Å². The predicted octanol–water partition coefficient (Wildman–Crippen LogP) is 3.53. The third kappa shape index (κ3) is 4.13. The Bertz CT molecular complexity index is 932. The molecule has 0 saturated carbocycles. The number of carbonyl (C=O) groups excluding carboxylic acids is 1. The number of H-pyrrole nitrogens is 1. The highest BCUT2D eigenvalue weighted by atomic mass is 19.1. The van der Waals surface area contributed by atoms with Crippen molar-refractivity contribution in [3.63, 3.8) is 0 Å². The SMILES string of the molecule is COc1ccc(-c2n[nH]c(C)c2CC(=O)NCc2c(F)cccc2F)cc1. The van der Waals surface area contributed by atoms with E-state index >= 15 is 0 Å². The quantitative estimate of drug-likeness (QED) is 0.697. The molecule has 3 aromatic rings. The van der Waals surface area contributed by atoms with Crippen molar-refractivity contribution >= 4 is 5.91 Å². The summed E-state index contributed by atoms with van der Waals surface area (Å²) in [6, 6.07) is 10.9. The van der Waals surface area contributed by atoms with E-state index < -0.39 is 11.6 Å². The molecule has 3 rings (SSSR count). The molecule has 0 radical (unpaired) electrons. The molecule has 0 spiro atoms. The van der Waals surface area contributed by atoms with E-state index in [0.717, 1.165) is 34.7 Å². The Morgan fingerprint density at radius 1 is 1.11 bits per heavy atom. The molecule has 0 aliphatic heterocycles. The first-order valence-corrected chi connectivity index (χ1v) is 8.37. The van der Waals surface area contributed by atoms with E-state index in [1.165, 1.54) is 6.07 Å². The van der Waals surface area contributed by atoms with Crippen molar-refractivity contribution in [3.8, 4) is 17.0 Å². The van der Waals surface area contributed by atoms with Crippen LogP contribution < -0.4 is 10.1 Å². The van der Waals surface area contributed by atoms with Crippen molar-refractivity contribution in [2.24, 2.45) is 0 Å². The highest BCUT2D eigenvalue weighted by Crippen LogP contribution is 2.26. The lowest BCUT2D eigenvalue weighted by Crippen LogP contribution is -2.26. The molecule has 0 bridgehead atoms. The zero-order chi connectivity index (χ0) is 19.4. The van der Waals surface area contributed by atoms with Crippen LogP contribution >= 0.6 is 0 Å². The molecule has 140 valence electrons. The molecule has 2 N–H and O–H groups in total. The van der Waals surface area contributed by atoms with Gasteiger partial charge in [0.2, 0.25) is 5.91 Å². The number of benzene rings is 2. The van der Waals surface area contributed by atoms with Gasteiger partial charge in [-0.2, -0.15) is 5.10 Å². The van der Waals surface area contributed by atoms with E-state index in [4.69, 9.17) is 4.74 Å². The third-order valence-corrected chi connectivity index (χ3v) is 4.30. The fourth-order valence-electron chi connectivity index (χ4n) is 2.77. The number of carbonyl (C=O) groups is 1. The zero-order valence-corrected chi connectivity index (χ0v) is 15.0. The lowest BCUT2D eigenvalue weighted by molar-refractivity contribution is -0.120. The van der Waals surface area contributed by atoms with Crippen LogP contribution in [-0.2, 0) is 17.8 Å². The summed E-state index contributed by atoms with van der Waals surface area (Å²) in [4.78, 5) is 12.3. The maximum Gasteiger partial charge on any atom is 0.224 e. The Kier molecular flexibility index (Phi) is 5.49. The number of nitrogens with one attached hydrogen (secondary N) is 2. The summed E-state index contributed by atoms with van der Waals surface area (Å²) in [6.45, 7) is 1.60. The summed E-state index contributed by atoms with van der Waals surface area (Å²) >= 11 is 0. The van der Waals surface area contributed by atoms with Gasteiger partial charge in [0.15, 0.2) is 0 Å². The number of aromatic amines is 1. The molecule has 0 fully saturated rings. The average molecular weight is 371 g/mol. The van der Waals surface area contributed by atoms with Crippen molar-refractivity contribution in [1.82, 2.24) is 15.5 Å². The molecule has 7 heteroatoms. The minimum absolute atomic E-state index is 0.0414. The van der Waals surface area contributed by atoms with Gasteiger partial charge in [-0.25, -0.2) is 8.78 Å². The molecule has 2 aromatic carbocycles. The molecule has 1 amide bonds. The number of rotatable bonds is 6. The van der Waals surface area contributed by atoms with Crippen molar-refractivity contribution in [3.05, 3.63) is 70.9 Å². The Balaban J connectivity index is 1.73. The molecule has 1 aromatic heterocycles. The lowest BCUT2D eigenvalue weighted by Gasteiger charge is -2.09. The van der Waals surface area contributed by atoms with Gasteiger partial charge in [0, 0.05) is 28.9 Å². The first kappa shape index (κ1) is 18.6. The van der Waals surface area contributed by atoms with Crippen LogP contribution in [0, 0.1) is 18.6 Å². The van der Waals surface area contributed by atoms with Gasteiger partial charge >= 0.3 is 0 Å². The van der Waals surface area contributed by atoms with Crippen molar-refractivity contribution in [2.75, 3.05) is 7.11 Å². The molecular weight excluding hydrogens is 352 g/mol. The fourth-order valence-corrected chi connectivity index (χ4v) is 2.77. The molecular formula is C20H19F2N3O2. The monoisotopic (exact) mass is 371 g/mol. The van der Waals surface area contributed by atoms with E-state index in [0.29, 0.717) is 5.69 Å². The highest BCUT2D eigenvalue weighted by Gasteiger charge is 2.17. The van der Waals surface area contributed by atoms with Gasteiger partial charge in [-0.05, 0) is 43.3 Å². The van der Waals surface area contributed by atoms with Crippen LogP contribution in [0.1, 0.15) is 16.8 Å². The van der Waals surface area contributed by atoms with E-state index in [-0.39, 0.29) is 24.4 Å². The zero-order valence-electron chi connectivity index (χ0n) is 15.0. The van der Waals surface area contributed by atoms with E-state index in [1.807, 2.05) is 31.2 Å². The van der Waals surface area contributed by atoms with E-state index in [9.17, 15) is 13.6 Å². The number of aromatic nitrogens is 2. The Hall–Kier alpha value is -3.22. The number of ether oxygens (including phenoxy) is 1. The summed E-state index contributed by atoms with van der Waals surface area (Å²) in [5.41, 5.74) is 2.82. The van der Waals surface area contributed by atoms with Gasteiger partial charge in [-0.15, -0.1) is 0 Å². The summed E-state index contributed by atoms with van der Waals surface area (Å²) in [6.07, 6.45) is 0.0414. The van der Waals surface area contributed by atoms with Crippen molar-refractivity contribution < 1.29 is 18.3 Å². The summed E-state index contributed by atoms with van der Waals surface area (Å²) in [5, 5.41) is 9.72. The predicted molar refractivity (Wildman–Crippen MR) is 97.2 cm³/mol. The van der Waals surface area contributed by atoms with E-state index in [2.05, 4.69) is 15.5 Å². The minimum atomic E-state index is -0.686. The maximum atomic E-state index is 13.7. The highest BCUT2D eigenvalue weighted by molar-refractivity contribution is 5.81. The van der Waals surface area contributed by atoms with Crippen LogP contribution in [0.2, 0.25) is 0 Å². The van der Waals surface area contributed by atoms with Crippen LogP contribution in [0.5, 0.6) is 5.75 Å². The summed E-state index contributed by atoms with van der Waals surface area (Å²) in [5.74, 6) is -1.00. The van der Waals surface area contributed by atoms with Crippen LogP contribution in [0.25, 0.3) is 11.3 Å². The van der Waals surface area contributed by atoms with Crippen LogP contribution in [0.4, 0.5) is 8.78 Å². The Labute approximate surface area is 155 Å². The number of halogens is 2. The smallest absolute Gasteiger partial charge is 0.224 e. The average Bonchev–Trinajstić information content (AvgIpc) is 3.02. The van der Waals surface area contributed by atoms with Crippen molar-refractivity contribution in [2.45, 2.75) is 19.9 Å². The number of amides is 1. The lowest BCUT2D eigenvalue weighted by atomic mass is 10.0. The van der Waals surface area contributed by atoms with Gasteiger partial charge in [-0.1, -0.05) is 6.07 Å². The molecule has 27 heavy (non-hydrogen) atoms. The second-order valence-corrected chi connectivity index (χ2v) is 6.06. The first-order chi connectivity index (χ1) is 13.0. The molecule has 0 aliphatic rings. The first-order valence-electron chi connectivity index (χ1n) is 8.37. The number of aryl methyl sites for hydroxylation is 1. The summed E-state index contributed by atoms with van der Waals surface area (Å²) < 4.78 is 32.5. The van der Waals surface area contributed by atoms with Crippen LogP contribution in [0.15, 0.2) is 42.5 Å². The molecule has 5 nitrogen and oxygen atoms in total. The molecule has 1 heterocycles. The van der Waals surface area contributed by atoms with Gasteiger partial charge < -0.3 is 10.1 Å². The topological polar surface area (TPSA) is 67.0 Å². The maximum absolute atomic E-state index is 13.7. The Morgan fingerprint density at radius 3 is 2.41 bits per heavy atom.